The molecule has 0 bridgehead atoms. The Morgan fingerprint density at radius 3 is 2.65 bits per heavy atom. The molecule has 0 radical (unpaired) electrons. The van der Waals surface area contributed by atoms with E-state index in [-0.39, 0.29) is 5.82 Å². The predicted molar refractivity (Wildman–Crippen MR) is 81.3 cm³/mol. The number of hydrogen-bond donors (Lipinski definition) is 2. The highest BCUT2D eigenvalue weighted by Gasteiger charge is 2.18. The van der Waals surface area contributed by atoms with Crippen LogP contribution in [0.3, 0.4) is 0 Å². The SMILES string of the molecule is COc1ccc(F)cc1C(NN)c1ccc(Cl)c(Br)c1. The van der Waals surface area contributed by atoms with Crippen LogP contribution in [0.4, 0.5) is 4.39 Å². The molecule has 6 heteroatoms. The third-order valence-electron chi connectivity index (χ3n) is 2.95. The van der Waals surface area contributed by atoms with E-state index in [2.05, 4.69) is 21.4 Å². The Morgan fingerprint density at radius 1 is 1.30 bits per heavy atom. The van der Waals surface area contributed by atoms with E-state index in [0.29, 0.717) is 16.3 Å². The van der Waals surface area contributed by atoms with Crippen molar-refractivity contribution in [1.29, 1.82) is 0 Å². The molecule has 0 aromatic heterocycles. The summed E-state index contributed by atoms with van der Waals surface area (Å²) in [5.41, 5.74) is 4.13. The van der Waals surface area contributed by atoms with Gasteiger partial charge in [0.2, 0.25) is 0 Å². The number of hydrazine groups is 1. The van der Waals surface area contributed by atoms with E-state index in [1.54, 1.807) is 12.1 Å². The summed E-state index contributed by atoms with van der Waals surface area (Å²) in [4.78, 5) is 0. The molecular formula is C14H13BrClFN2O. The average Bonchev–Trinajstić information content (AvgIpc) is 2.44. The summed E-state index contributed by atoms with van der Waals surface area (Å²) in [5.74, 6) is 5.83. The van der Waals surface area contributed by atoms with Crippen molar-refractivity contribution < 1.29 is 9.13 Å². The first-order chi connectivity index (χ1) is 9.56. The van der Waals surface area contributed by atoms with Gasteiger partial charge in [-0.1, -0.05) is 17.7 Å². The lowest BCUT2D eigenvalue weighted by molar-refractivity contribution is 0.402. The maximum atomic E-state index is 13.5. The molecule has 0 aliphatic rings. The molecule has 0 amide bonds. The number of rotatable bonds is 4. The standard InChI is InChI=1S/C14H13BrClFN2O/c1-20-13-5-3-9(17)7-10(13)14(19-18)8-2-4-12(16)11(15)6-8/h2-7,14,19H,18H2,1H3. The van der Waals surface area contributed by atoms with Crippen LogP contribution in [-0.4, -0.2) is 7.11 Å². The minimum Gasteiger partial charge on any atom is -0.496 e. The van der Waals surface area contributed by atoms with Gasteiger partial charge in [-0.15, -0.1) is 0 Å². The quantitative estimate of drug-likeness (QED) is 0.645. The van der Waals surface area contributed by atoms with Crippen molar-refractivity contribution in [3.63, 3.8) is 0 Å². The van der Waals surface area contributed by atoms with Crippen LogP contribution in [-0.2, 0) is 0 Å². The van der Waals surface area contributed by atoms with Crippen LogP contribution in [0.15, 0.2) is 40.9 Å². The summed E-state index contributed by atoms with van der Waals surface area (Å²) >= 11 is 9.34. The van der Waals surface area contributed by atoms with Gasteiger partial charge in [0.25, 0.3) is 0 Å². The van der Waals surface area contributed by atoms with Gasteiger partial charge in [0, 0.05) is 10.0 Å². The summed E-state index contributed by atoms with van der Waals surface area (Å²) in [6.45, 7) is 0. The summed E-state index contributed by atoms with van der Waals surface area (Å²) in [7, 11) is 1.53. The van der Waals surface area contributed by atoms with Crippen molar-refractivity contribution in [2.24, 2.45) is 5.84 Å². The second-order valence-electron chi connectivity index (χ2n) is 4.16. The van der Waals surface area contributed by atoms with Crippen molar-refractivity contribution in [2.45, 2.75) is 6.04 Å². The van der Waals surface area contributed by atoms with E-state index in [1.807, 2.05) is 12.1 Å². The third kappa shape index (κ3) is 3.12. The second kappa shape index (κ2) is 6.54. The number of nitrogens with one attached hydrogen (secondary N) is 1. The molecule has 0 saturated carbocycles. The summed E-state index contributed by atoms with van der Waals surface area (Å²) in [6, 6.07) is 9.30. The minimum absolute atomic E-state index is 0.353. The Bertz CT molecular complexity index is 624. The van der Waals surface area contributed by atoms with Gasteiger partial charge in [-0.2, -0.15) is 0 Å². The Balaban J connectivity index is 2.51. The first kappa shape index (κ1) is 15.3. The molecule has 1 unspecified atom stereocenters. The fourth-order valence-corrected chi connectivity index (χ4v) is 2.50. The fraction of sp³-hybridized carbons (Fsp3) is 0.143. The maximum Gasteiger partial charge on any atom is 0.124 e. The van der Waals surface area contributed by atoms with E-state index in [9.17, 15) is 4.39 Å². The molecule has 106 valence electrons. The zero-order chi connectivity index (χ0) is 14.7. The van der Waals surface area contributed by atoms with Gasteiger partial charge in [0.05, 0.1) is 18.2 Å². The molecule has 0 aliphatic heterocycles. The number of nitrogens with two attached hydrogens (primary N) is 1. The number of ether oxygens (including phenoxy) is 1. The molecule has 0 heterocycles. The van der Waals surface area contributed by atoms with Gasteiger partial charge in [-0.25, -0.2) is 9.82 Å². The van der Waals surface area contributed by atoms with E-state index >= 15 is 0 Å². The summed E-state index contributed by atoms with van der Waals surface area (Å²) in [6.07, 6.45) is 0. The van der Waals surface area contributed by atoms with Crippen LogP contribution in [0.25, 0.3) is 0 Å². The largest absolute Gasteiger partial charge is 0.496 e. The minimum atomic E-state index is -0.408. The molecule has 0 fully saturated rings. The molecule has 3 N–H and O–H groups in total. The molecule has 0 spiro atoms. The molecule has 3 nitrogen and oxygen atoms in total. The summed E-state index contributed by atoms with van der Waals surface area (Å²) in [5, 5.41) is 0.593. The highest BCUT2D eigenvalue weighted by Crippen LogP contribution is 2.33. The zero-order valence-corrected chi connectivity index (χ0v) is 13.0. The monoisotopic (exact) mass is 358 g/mol. The number of benzene rings is 2. The molecule has 2 aromatic rings. The van der Waals surface area contributed by atoms with Gasteiger partial charge in [-0.05, 0) is 51.8 Å². The fourth-order valence-electron chi connectivity index (χ4n) is 1.99. The zero-order valence-electron chi connectivity index (χ0n) is 10.7. The number of halogens is 3. The molecular weight excluding hydrogens is 347 g/mol. The Hall–Kier alpha value is -1.14. The molecule has 2 aromatic carbocycles. The van der Waals surface area contributed by atoms with E-state index in [1.165, 1.54) is 19.2 Å². The van der Waals surface area contributed by atoms with Gasteiger partial charge in [-0.3, -0.25) is 5.84 Å². The van der Waals surface area contributed by atoms with Crippen LogP contribution in [0.5, 0.6) is 5.75 Å². The first-order valence-corrected chi connectivity index (χ1v) is 6.98. The van der Waals surface area contributed by atoms with Gasteiger partial charge >= 0.3 is 0 Å². The topological polar surface area (TPSA) is 47.3 Å². The Labute approximate surface area is 130 Å². The second-order valence-corrected chi connectivity index (χ2v) is 5.42. The van der Waals surface area contributed by atoms with Gasteiger partial charge in [0.15, 0.2) is 0 Å². The molecule has 2 rings (SSSR count). The normalized spacial score (nSPS) is 12.2. The average molecular weight is 360 g/mol. The molecule has 0 aliphatic carbocycles. The first-order valence-electron chi connectivity index (χ1n) is 5.81. The van der Waals surface area contributed by atoms with E-state index in [4.69, 9.17) is 22.2 Å². The molecule has 0 saturated heterocycles. The van der Waals surface area contributed by atoms with Crippen molar-refractivity contribution in [3.8, 4) is 5.75 Å². The van der Waals surface area contributed by atoms with Crippen LogP contribution >= 0.6 is 27.5 Å². The molecule has 1 atom stereocenters. The van der Waals surface area contributed by atoms with Gasteiger partial charge in [0.1, 0.15) is 11.6 Å². The van der Waals surface area contributed by atoms with E-state index < -0.39 is 6.04 Å². The Kier molecular flexibility index (Phi) is 4.99. The lowest BCUT2D eigenvalue weighted by Gasteiger charge is -2.20. The van der Waals surface area contributed by atoms with Crippen LogP contribution in [0, 0.1) is 5.82 Å². The smallest absolute Gasteiger partial charge is 0.124 e. The van der Waals surface area contributed by atoms with Crippen molar-refractivity contribution in [1.82, 2.24) is 5.43 Å². The third-order valence-corrected chi connectivity index (χ3v) is 4.16. The number of methoxy groups -OCH3 is 1. The molecule has 20 heavy (non-hydrogen) atoms. The predicted octanol–water partition coefficient (Wildman–Crippen LogP) is 3.80. The van der Waals surface area contributed by atoms with Crippen LogP contribution < -0.4 is 16.0 Å². The lowest BCUT2D eigenvalue weighted by Crippen LogP contribution is -2.29. The van der Waals surface area contributed by atoms with Crippen LogP contribution in [0.1, 0.15) is 17.2 Å². The van der Waals surface area contributed by atoms with Crippen LogP contribution in [0.2, 0.25) is 5.02 Å². The highest BCUT2D eigenvalue weighted by molar-refractivity contribution is 9.10. The van der Waals surface area contributed by atoms with E-state index in [0.717, 1.165) is 10.0 Å². The van der Waals surface area contributed by atoms with Gasteiger partial charge < -0.3 is 4.74 Å². The Morgan fingerprint density at radius 2 is 2.05 bits per heavy atom. The summed E-state index contributed by atoms with van der Waals surface area (Å²) < 4.78 is 19.5. The maximum absolute atomic E-state index is 13.5. The highest BCUT2D eigenvalue weighted by atomic mass is 79.9. The van der Waals surface area contributed by atoms with Crippen molar-refractivity contribution >= 4 is 27.5 Å². The number of hydrogen-bond acceptors (Lipinski definition) is 3. The van der Waals surface area contributed by atoms with Crippen molar-refractivity contribution in [2.75, 3.05) is 7.11 Å². The van der Waals surface area contributed by atoms with Crippen molar-refractivity contribution in [3.05, 3.63) is 62.8 Å². The lowest BCUT2D eigenvalue weighted by atomic mass is 9.98.